The predicted molar refractivity (Wildman–Crippen MR) is 90.0 cm³/mol. The second-order valence-electron chi connectivity index (χ2n) is 6.20. The van der Waals surface area contributed by atoms with Gasteiger partial charge in [0.2, 0.25) is 5.91 Å². The summed E-state index contributed by atoms with van der Waals surface area (Å²) in [6.45, 7) is 9.92. The number of aliphatic hydroxyl groups is 1. The fourth-order valence-corrected chi connectivity index (χ4v) is 3.43. The van der Waals surface area contributed by atoms with Crippen molar-refractivity contribution < 1.29 is 34.0 Å². The number of β-lactam (4-membered cyclic amide) rings is 1. The summed E-state index contributed by atoms with van der Waals surface area (Å²) in [7, 11) is 0. The van der Waals surface area contributed by atoms with Gasteiger partial charge in [0.1, 0.15) is 18.9 Å². The van der Waals surface area contributed by atoms with Crippen LogP contribution >= 0.6 is 0 Å². The van der Waals surface area contributed by atoms with Crippen LogP contribution in [0.3, 0.4) is 0 Å². The van der Waals surface area contributed by atoms with Gasteiger partial charge >= 0.3 is 11.9 Å². The van der Waals surface area contributed by atoms with Gasteiger partial charge in [-0.15, -0.1) is 6.58 Å². The highest BCUT2D eigenvalue weighted by Gasteiger charge is 2.61. The Labute approximate surface area is 151 Å². The molecule has 142 valence electrons. The van der Waals surface area contributed by atoms with E-state index in [4.69, 9.17) is 4.74 Å². The summed E-state index contributed by atoms with van der Waals surface area (Å²) in [5.74, 6) is -3.48. The molecule has 0 aromatic rings. The summed E-state index contributed by atoms with van der Waals surface area (Å²) in [6.07, 6.45) is 2.83. The van der Waals surface area contributed by atoms with E-state index in [0.717, 1.165) is 0 Å². The van der Waals surface area contributed by atoms with E-state index in [1.807, 2.05) is 0 Å². The molecular formula is C18H23NO7. The molecule has 0 aliphatic carbocycles. The van der Waals surface area contributed by atoms with Gasteiger partial charge in [-0.1, -0.05) is 32.6 Å². The molecule has 26 heavy (non-hydrogen) atoms. The lowest BCUT2D eigenvalue weighted by Gasteiger charge is -2.47. The molecule has 8 nitrogen and oxygen atoms in total. The zero-order valence-corrected chi connectivity index (χ0v) is 14.8. The molecule has 0 aromatic carbocycles. The van der Waals surface area contributed by atoms with Crippen molar-refractivity contribution in [1.82, 2.24) is 4.90 Å². The number of hydrogen-bond donors (Lipinski definition) is 1. The van der Waals surface area contributed by atoms with Crippen molar-refractivity contribution >= 4 is 17.8 Å². The van der Waals surface area contributed by atoms with Crippen molar-refractivity contribution in [1.29, 1.82) is 0 Å². The van der Waals surface area contributed by atoms with E-state index in [1.54, 1.807) is 13.8 Å². The standard InChI is InChI=1S/C18H23NO7/c1-5-7-24-18(23)15-12(9-20)10(3)14-13(16(21)19(14)15)11(4)17(22)26-25-8-6-2/h5-6,10-11,13-14,20H,1-2,7-9H2,3-4H3/t10-,11?,13?,14?/m0/s1. The quantitative estimate of drug-likeness (QED) is 0.160. The van der Waals surface area contributed by atoms with Gasteiger partial charge in [0.05, 0.1) is 24.5 Å². The first-order valence-corrected chi connectivity index (χ1v) is 8.29. The fourth-order valence-electron chi connectivity index (χ4n) is 3.43. The van der Waals surface area contributed by atoms with Gasteiger partial charge in [-0.25, -0.2) is 9.59 Å². The molecule has 1 N–H and O–H groups in total. The maximum atomic E-state index is 12.6. The molecule has 0 aromatic heterocycles. The number of fused-ring (bicyclic) bond motifs is 1. The normalized spacial score (nSPS) is 25.3. The van der Waals surface area contributed by atoms with Crippen LogP contribution in [0.1, 0.15) is 13.8 Å². The lowest BCUT2D eigenvalue weighted by molar-refractivity contribution is -0.271. The minimum Gasteiger partial charge on any atom is -0.457 e. The molecule has 2 heterocycles. The maximum absolute atomic E-state index is 12.6. The second-order valence-corrected chi connectivity index (χ2v) is 6.20. The van der Waals surface area contributed by atoms with Gasteiger partial charge in [-0.2, -0.15) is 4.89 Å². The fraction of sp³-hybridized carbons (Fsp3) is 0.500. The Kier molecular flexibility index (Phi) is 6.33. The summed E-state index contributed by atoms with van der Waals surface area (Å²) < 4.78 is 5.02. The summed E-state index contributed by atoms with van der Waals surface area (Å²) in [4.78, 5) is 47.7. The highest BCUT2D eigenvalue weighted by molar-refractivity contribution is 6.02. The summed E-state index contributed by atoms with van der Waals surface area (Å²) in [5, 5.41) is 9.66. The van der Waals surface area contributed by atoms with Gasteiger partial charge in [-0.05, 0) is 5.57 Å². The summed E-state index contributed by atoms with van der Waals surface area (Å²) in [6, 6.07) is -0.419. The third kappa shape index (κ3) is 3.30. The Hall–Kier alpha value is -2.45. The molecule has 2 aliphatic heterocycles. The molecule has 0 radical (unpaired) electrons. The van der Waals surface area contributed by atoms with Crippen molar-refractivity contribution in [3.8, 4) is 0 Å². The van der Waals surface area contributed by atoms with Crippen LogP contribution in [0, 0.1) is 17.8 Å². The van der Waals surface area contributed by atoms with Crippen molar-refractivity contribution in [2.75, 3.05) is 19.8 Å². The van der Waals surface area contributed by atoms with E-state index < -0.39 is 29.8 Å². The molecule has 0 bridgehead atoms. The van der Waals surface area contributed by atoms with E-state index in [0.29, 0.717) is 5.57 Å². The largest absolute Gasteiger partial charge is 0.457 e. The Balaban J connectivity index is 2.16. The van der Waals surface area contributed by atoms with Gasteiger partial charge in [0.15, 0.2) is 0 Å². The molecule has 8 heteroatoms. The number of carbonyl (C=O) groups excluding carboxylic acids is 3. The number of amides is 1. The predicted octanol–water partition coefficient (Wildman–Crippen LogP) is 0.736. The van der Waals surface area contributed by atoms with Gasteiger partial charge in [0, 0.05) is 5.92 Å². The molecule has 0 saturated carbocycles. The van der Waals surface area contributed by atoms with Crippen LogP contribution in [0.15, 0.2) is 36.6 Å². The third-order valence-corrected chi connectivity index (χ3v) is 4.73. The second kappa shape index (κ2) is 8.29. The van der Waals surface area contributed by atoms with E-state index in [1.165, 1.54) is 17.1 Å². The lowest BCUT2D eigenvalue weighted by atomic mass is 9.74. The smallest absolute Gasteiger partial charge is 0.355 e. The highest BCUT2D eigenvalue weighted by Crippen LogP contribution is 2.48. The van der Waals surface area contributed by atoms with Crippen LogP contribution < -0.4 is 0 Å². The number of aliphatic hydroxyl groups excluding tert-OH is 1. The van der Waals surface area contributed by atoms with Crippen molar-refractivity contribution in [2.24, 2.45) is 17.8 Å². The van der Waals surface area contributed by atoms with Crippen molar-refractivity contribution in [3.05, 3.63) is 36.6 Å². The Morgan fingerprint density at radius 1 is 1.31 bits per heavy atom. The molecule has 4 atom stereocenters. The number of rotatable bonds is 9. The van der Waals surface area contributed by atoms with Crippen LogP contribution in [0.25, 0.3) is 0 Å². The lowest BCUT2D eigenvalue weighted by Crippen LogP contribution is -2.63. The monoisotopic (exact) mass is 365 g/mol. The highest BCUT2D eigenvalue weighted by atomic mass is 17.2. The number of ether oxygens (including phenoxy) is 1. The topological polar surface area (TPSA) is 102 Å². The Bertz CT molecular complexity index is 654. The van der Waals surface area contributed by atoms with Gasteiger partial charge in [-0.3, -0.25) is 9.68 Å². The number of hydrogen-bond acceptors (Lipinski definition) is 7. The van der Waals surface area contributed by atoms with E-state index in [9.17, 15) is 19.5 Å². The maximum Gasteiger partial charge on any atom is 0.355 e. The molecule has 2 aliphatic rings. The Morgan fingerprint density at radius 3 is 2.54 bits per heavy atom. The molecular weight excluding hydrogens is 342 g/mol. The molecule has 2 rings (SSSR count). The minimum absolute atomic E-state index is 0.00504. The van der Waals surface area contributed by atoms with Crippen LogP contribution in [0.2, 0.25) is 0 Å². The molecule has 1 saturated heterocycles. The number of carbonyl (C=O) groups is 3. The number of esters is 1. The SMILES string of the molecule is C=CCOOC(=O)C(C)C1C(=O)N2C(C(=O)OCC=C)=C(CO)[C@H](C)C12. The molecule has 0 spiro atoms. The molecule has 1 amide bonds. The number of nitrogens with zero attached hydrogens (tertiary/aromatic N) is 1. The summed E-state index contributed by atoms with van der Waals surface area (Å²) >= 11 is 0. The van der Waals surface area contributed by atoms with Crippen molar-refractivity contribution in [2.45, 2.75) is 19.9 Å². The summed E-state index contributed by atoms with van der Waals surface area (Å²) in [5.41, 5.74) is 0.472. The van der Waals surface area contributed by atoms with Crippen molar-refractivity contribution in [3.63, 3.8) is 0 Å². The Morgan fingerprint density at radius 2 is 1.96 bits per heavy atom. The van der Waals surface area contributed by atoms with Gasteiger partial charge in [0.25, 0.3) is 0 Å². The zero-order chi connectivity index (χ0) is 19.4. The first kappa shape index (κ1) is 19.9. The minimum atomic E-state index is -0.764. The average molecular weight is 365 g/mol. The van der Waals surface area contributed by atoms with Crippen LogP contribution in [0.4, 0.5) is 0 Å². The molecule has 1 fully saturated rings. The zero-order valence-electron chi connectivity index (χ0n) is 14.8. The average Bonchev–Trinajstić information content (AvgIpc) is 2.88. The first-order valence-electron chi connectivity index (χ1n) is 8.29. The van der Waals surface area contributed by atoms with Crippen LogP contribution in [0.5, 0.6) is 0 Å². The van der Waals surface area contributed by atoms with E-state index in [2.05, 4.69) is 22.9 Å². The van der Waals surface area contributed by atoms with E-state index >= 15 is 0 Å². The third-order valence-electron chi connectivity index (χ3n) is 4.73. The van der Waals surface area contributed by atoms with Crippen LogP contribution in [-0.2, 0) is 28.9 Å². The first-order chi connectivity index (χ1) is 12.4. The van der Waals surface area contributed by atoms with E-state index in [-0.39, 0.29) is 37.3 Å². The van der Waals surface area contributed by atoms with Crippen LogP contribution in [-0.4, -0.2) is 53.7 Å². The molecule has 3 unspecified atom stereocenters. The van der Waals surface area contributed by atoms with Gasteiger partial charge < -0.3 is 14.7 Å².